The molecule has 1 saturated carbocycles. The van der Waals surface area contributed by atoms with Gasteiger partial charge < -0.3 is 4.90 Å². The van der Waals surface area contributed by atoms with Crippen molar-refractivity contribution in [1.82, 2.24) is 19.5 Å². The van der Waals surface area contributed by atoms with Gasteiger partial charge in [0.15, 0.2) is 5.65 Å². The van der Waals surface area contributed by atoms with Crippen molar-refractivity contribution in [1.29, 1.82) is 0 Å². The molecule has 6 heteroatoms. The molecule has 1 atom stereocenters. The van der Waals surface area contributed by atoms with E-state index < -0.39 is 0 Å². The first-order valence-corrected chi connectivity index (χ1v) is 9.49. The number of H-pyrrole nitrogens is 1. The highest BCUT2D eigenvalue weighted by atomic mass is 16.2. The van der Waals surface area contributed by atoms with E-state index in [1.165, 1.54) is 12.8 Å². The molecule has 0 aromatic carbocycles. The summed E-state index contributed by atoms with van der Waals surface area (Å²) in [7, 11) is 0. The molecule has 1 unspecified atom stereocenters. The Hall–Kier alpha value is -2.11. The predicted molar refractivity (Wildman–Crippen MR) is 95.9 cm³/mol. The summed E-state index contributed by atoms with van der Waals surface area (Å²) >= 11 is 0. The number of nitrogens with zero attached hydrogens (tertiary/aromatic N) is 3. The van der Waals surface area contributed by atoms with Crippen molar-refractivity contribution in [3.8, 4) is 0 Å². The fraction of sp³-hybridized carbons (Fsp3) is 0.632. The second-order valence-electron chi connectivity index (χ2n) is 7.47. The van der Waals surface area contributed by atoms with Gasteiger partial charge in [-0.1, -0.05) is 19.8 Å². The molecular formula is C19H26N4O2. The Morgan fingerprint density at radius 1 is 1.24 bits per heavy atom. The van der Waals surface area contributed by atoms with E-state index in [1.807, 2.05) is 6.92 Å². The number of aryl methyl sites for hydroxylation is 2. The van der Waals surface area contributed by atoms with Gasteiger partial charge in [0.05, 0.1) is 5.69 Å². The Morgan fingerprint density at radius 3 is 2.72 bits per heavy atom. The van der Waals surface area contributed by atoms with Crippen LogP contribution in [0.5, 0.6) is 0 Å². The second-order valence-corrected chi connectivity index (χ2v) is 7.47. The Bertz CT molecular complexity index is 860. The number of amides is 1. The number of nitrogens with one attached hydrogen (secondary N) is 1. The molecule has 2 fully saturated rings. The fourth-order valence-corrected chi connectivity index (χ4v) is 4.53. The van der Waals surface area contributed by atoms with Crippen LogP contribution in [0.2, 0.25) is 0 Å². The highest BCUT2D eigenvalue weighted by Gasteiger charge is 2.33. The summed E-state index contributed by atoms with van der Waals surface area (Å²) in [6.07, 6.45) is 6.85. The minimum atomic E-state index is -0.0629. The summed E-state index contributed by atoms with van der Waals surface area (Å²) in [5.41, 5.74) is 3.61. The largest absolute Gasteiger partial charge is 0.339 e. The first-order chi connectivity index (χ1) is 12.1. The van der Waals surface area contributed by atoms with Crippen molar-refractivity contribution >= 4 is 11.6 Å². The molecule has 0 bridgehead atoms. The number of carbonyl (C=O) groups is 1. The van der Waals surface area contributed by atoms with E-state index in [2.05, 4.69) is 16.9 Å². The molecule has 0 radical (unpaired) electrons. The molecule has 1 N–H and O–H groups in total. The SMILES string of the molecule is CCc1c(C)[nH]n2c(=O)cc(C3CCC(=O)N(C4CCCC4)C3)nc12. The zero-order chi connectivity index (χ0) is 17.6. The molecular weight excluding hydrogens is 316 g/mol. The van der Waals surface area contributed by atoms with Gasteiger partial charge in [-0.2, -0.15) is 0 Å². The number of hydrogen-bond acceptors (Lipinski definition) is 3. The molecule has 2 aromatic heterocycles. The Labute approximate surface area is 147 Å². The van der Waals surface area contributed by atoms with Gasteiger partial charge in [0.25, 0.3) is 5.56 Å². The number of hydrogen-bond donors (Lipinski definition) is 1. The highest BCUT2D eigenvalue weighted by molar-refractivity contribution is 5.77. The number of carbonyl (C=O) groups excluding carboxylic acids is 1. The molecule has 1 amide bonds. The van der Waals surface area contributed by atoms with Gasteiger partial charge in [-0.3, -0.25) is 14.7 Å². The number of piperidine rings is 1. The molecule has 1 saturated heterocycles. The van der Waals surface area contributed by atoms with Crippen molar-refractivity contribution < 1.29 is 4.79 Å². The van der Waals surface area contributed by atoms with Gasteiger partial charge in [-0.25, -0.2) is 9.50 Å². The normalized spacial score (nSPS) is 22.2. The van der Waals surface area contributed by atoms with E-state index in [9.17, 15) is 9.59 Å². The Morgan fingerprint density at radius 2 is 2.00 bits per heavy atom. The maximum absolute atomic E-state index is 12.5. The van der Waals surface area contributed by atoms with Crippen molar-refractivity contribution in [2.75, 3.05) is 6.54 Å². The predicted octanol–water partition coefficient (Wildman–Crippen LogP) is 2.54. The number of rotatable bonds is 3. The van der Waals surface area contributed by atoms with E-state index in [0.29, 0.717) is 19.0 Å². The van der Waals surface area contributed by atoms with E-state index in [4.69, 9.17) is 4.98 Å². The number of fused-ring (bicyclic) bond motifs is 1. The van der Waals surface area contributed by atoms with Crippen molar-refractivity contribution in [2.45, 2.75) is 70.8 Å². The van der Waals surface area contributed by atoms with Gasteiger partial charge in [-0.05, 0) is 32.6 Å². The molecule has 2 aliphatic rings. The minimum absolute atomic E-state index is 0.0629. The molecule has 25 heavy (non-hydrogen) atoms. The third-order valence-corrected chi connectivity index (χ3v) is 5.92. The van der Waals surface area contributed by atoms with E-state index in [-0.39, 0.29) is 17.4 Å². The van der Waals surface area contributed by atoms with Crippen LogP contribution in [-0.4, -0.2) is 38.0 Å². The van der Waals surface area contributed by atoms with Crippen molar-refractivity contribution in [3.05, 3.63) is 33.4 Å². The first kappa shape index (κ1) is 16.4. The standard InChI is InChI=1S/C19H26N4O2/c1-3-15-12(2)21-23-18(25)10-16(20-19(15)23)13-8-9-17(24)22(11-13)14-6-4-5-7-14/h10,13-14,21H,3-9,11H2,1-2H3. The summed E-state index contributed by atoms with van der Waals surface area (Å²) in [6, 6.07) is 2.04. The van der Waals surface area contributed by atoms with Crippen LogP contribution in [0.1, 0.15) is 68.3 Å². The second kappa shape index (κ2) is 6.32. The van der Waals surface area contributed by atoms with Crippen LogP contribution < -0.4 is 5.56 Å². The molecule has 0 spiro atoms. The maximum Gasteiger partial charge on any atom is 0.272 e. The molecule has 1 aliphatic heterocycles. The van der Waals surface area contributed by atoms with Gasteiger partial charge in [-0.15, -0.1) is 0 Å². The molecule has 1 aliphatic carbocycles. The van der Waals surface area contributed by atoms with Crippen molar-refractivity contribution in [3.63, 3.8) is 0 Å². The average Bonchev–Trinajstić information content (AvgIpc) is 3.23. The summed E-state index contributed by atoms with van der Waals surface area (Å²) < 4.78 is 1.54. The third kappa shape index (κ3) is 2.77. The first-order valence-electron chi connectivity index (χ1n) is 9.49. The summed E-state index contributed by atoms with van der Waals surface area (Å²) in [6.45, 7) is 4.76. The molecule has 134 valence electrons. The van der Waals surface area contributed by atoms with Crippen molar-refractivity contribution in [2.24, 2.45) is 0 Å². The van der Waals surface area contributed by atoms with Crippen LogP contribution in [0.15, 0.2) is 10.9 Å². The van der Waals surface area contributed by atoms with E-state index >= 15 is 0 Å². The maximum atomic E-state index is 12.5. The van der Waals surface area contributed by atoms with Crippen LogP contribution in [0.25, 0.3) is 5.65 Å². The smallest absolute Gasteiger partial charge is 0.272 e. The number of likely N-dealkylation sites (tertiary alicyclic amines) is 1. The zero-order valence-corrected chi connectivity index (χ0v) is 15.0. The average molecular weight is 342 g/mol. The Balaban J connectivity index is 1.69. The van der Waals surface area contributed by atoms with Gasteiger partial charge in [0.1, 0.15) is 0 Å². The van der Waals surface area contributed by atoms with Crippen LogP contribution in [0, 0.1) is 6.92 Å². The Kier molecular flexibility index (Phi) is 4.13. The van der Waals surface area contributed by atoms with E-state index in [0.717, 1.165) is 48.3 Å². The molecule has 4 rings (SSSR count). The summed E-state index contributed by atoms with van der Waals surface area (Å²) in [5.74, 6) is 0.434. The topological polar surface area (TPSA) is 70.5 Å². The van der Waals surface area contributed by atoms with Crippen LogP contribution >= 0.6 is 0 Å². The highest BCUT2D eigenvalue weighted by Crippen LogP contribution is 2.32. The lowest BCUT2D eigenvalue weighted by atomic mass is 9.92. The van der Waals surface area contributed by atoms with Crippen LogP contribution in [-0.2, 0) is 11.2 Å². The van der Waals surface area contributed by atoms with Gasteiger partial charge in [0, 0.05) is 42.2 Å². The van der Waals surface area contributed by atoms with Crippen LogP contribution in [0.3, 0.4) is 0 Å². The molecule has 6 nitrogen and oxygen atoms in total. The lowest BCUT2D eigenvalue weighted by molar-refractivity contribution is -0.136. The number of aromatic amines is 1. The third-order valence-electron chi connectivity index (χ3n) is 5.92. The lowest BCUT2D eigenvalue weighted by Gasteiger charge is -2.36. The molecule has 3 heterocycles. The fourth-order valence-electron chi connectivity index (χ4n) is 4.53. The summed E-state index contributed by atoms with van der Waals surface area (Å²) in [4.78, 5) is 31.8. The van der Waals surface area contributed by atoms with Gasteiger partial charge in [0.2, 0.25) is 5.91 Å². The van der Waals surface area contributed by atoms with Crippen LogP contribution in [0.4, 0.5) is 0 Å². The monoisotopic (exact) mass is 342 g/mol. The quantitative estimate of drug-likeness (QED) is 0.932. The van der Waals surface area contributed by atoms with E-state index in [1.54, 1.807) is 10.6 Å². The molecule has 2 aromatic rings. The number of aromatic nitrogens is 3. The summed E-state index contributed by atoms with van der Waals surface area (Å²) in [5, 5.41) is 3.11. The van der Waals surface area contributed by atoms with Gasteiger partial charge >= 0.3 is 0 Å². The minimum Gasteiger partial charge on any atom is -0.339 e. The zero-order valence-electron chi connectivity index (χ0n) is 15.0. The lowest BCUT2D eigenvalue weighted by Crippen LogP contribution is -2.45.